The molecule has 0 radical (unpaired) electrons. The molecule has 1 heterocycles. The van der Waals surface area contributed by atoms with Gasteiger partial charge in [-0.1, -0.05) is 0 Å². The van der Waals surface area contributed by atoms with E-state index in [9.17, 15) is 17.6 Å². The van der Waals surface area contributed by atoms with Crippen LogP contribution in [0, 0.1) is 18.7 Å². The number of halogens is 1. The maximum absolute atomic E-state index is 14.0. The van der Waals surface area contributed by atoms with Crippen LogP contribution in [0.4, 0.5) is 4.39 Å². The summed E-state index contributed by atoms with van der Waals surface area (Å²) in [6.07, 6.45) is 1.32. The Labute approximate surface area is 116 Å². The third-order valence-electron chi connectivity index (χ3n) is 3.55. The highest BCUT2D eigenvalue weighted by molar-refractivity contribution is 7.90. The largest absolute Gasteiger partial charge is 0.481 e. The Morgan fingerprint density at radius 1 is 1.45 bits per heavy atom. The molecular formula is C13H16FNO4S. The predicted molar refractivity (Wildman–Crippen MR) is 70.7 cm³/mol. The van der Waals surface area contributed by atoms with Gasteiger partial charge in [-0.25, -0.2) is 12.8 Å². The Balaban J connectivity index is 2.41. The highest BCUT2D eigenvalue weighted by atomic mass is 32.2. The average molecular weight is 301 g/mol. The normalized spacial score (nSPS) is 22.9. The lowest BCUT2D eigenvalue weighted by atomic mass is 9.99. The van der Waals surface area contributed by atoms with Crippen molar-refractivity contribution in [3.05, 3.63) is 29.1 Å². The second kappa shape index (κ2) is 5.14. The number of hydrogen-bond acceptors (Lipinski definition) is 4. The maximum Gasteiger partial charge on any atom is 0.307 e. The summed E-state index contributed by atoms with van der Waals surface area (Å²) in [4.78, 5) is 11.0. The van der Waals surface area contributed by atoms with E-state index >= 15 is 0 Å². The molecule has 0 bridgehead atoms. The maximum atomic E-state index is 14.0. The van der Waals surface area contributed by atoms with Crippen molar-refractivity contribution in [2.45, 2.75) is 24.3 Å². The Kier molecular flexibility index (Phi) is 3.84. The van der Waals surface area contributed by atoms with Gasteiger partial charge in [0.15, 0.2) is 9.84 Å². The molecule has 0 aliphatic carbocycles. The summed E-state index contributed by atoms with van der Waals surface area (Å²) < 4.78 is 37.4. The van der Waals surface area contributed by atoms with Gasteiger partial charge in [0, 0.05) is 24.4 Å². The third-order valence-corrected chi connectivity index (χ3v) is 4.79. The van der Waals surface area contributed by atoms with Crippen LogP contribution in [0.2, 0.25) is 0 Å². The molecule has 1 aliphatic rings. The van der Waals surface area contributed by atoms with Gasteiger partial charge in [-0.2, -0.15) is 0 Å². The number of hydrogen-bond donors (Lipinski definition) is 2. The molecule has 110 valence electrons. The summed E-state index contributed by atoms with van der Waals surface area (Å²) in [5, 5.41) is 11.9. The average Bonchev–Trinajstić information content (AvgIpc) is 2.76. The van der Waals surface area contributed by atoms with Gasteiger partial charge >= 0.3 is 5.97 Å². The van der Waals surface area contributed by atoms with Gasteiger partial charge in [0.25, 0.3) is 0 Å². The zero-order valence-electron chi connectivity index (χ0n) is 11.2. The number of carboxylic acid groups (broad SMARTS) is 1. The van der Waals surface area contributed by atoms with Gasteiger partial charge < -0.3 is 10.4 Å². The Morgan fingerprint density at radius 3 is 2.60 bits per heavy atom. The zero-order valence-corrected chi connectivity index (χ0v) is 12.0. The van der Waals surface area contributed by atoms with Gasteiger partial charge in [0.2, 0.25) is 0 Å². The predicted octanol–water partition coefficient (Wildman–Crippen LogP) is 1.27. The van der Waals surface area contributed by atoms with Crippen LogP contribution in [-0.2, 0) is 14.6 Å². The van der Waals surface area contributed by atoms with Crippen LogP contribution in [0.1, 0.15) is 23.6 Å². The summed E-state index contributed by atoms with van der Waals surface area (Å²) in [7, 11) is -3.44. The molecule has 1 fully saturated rings. The minimum atomic E-state index is -3.44. The van der Waals surface area contributed by atoms with E-state index in [4.69, 9.17) is 5.11 Å². The number of carboxylic acids is 1. The van der Waals surface area contributed by atoms with E-state index in [0.717, 1.165) is 6.26 Å². The van der Waals surface area contributed by atoms with Crippen LogP contribution in [0.15, 0.2) is 17.0 Å². The second-order valence-electron chi connectivity index (χ2n) is 5.14. The smallest absolute Gasteiger partial charge is 0.307 e. The van der Waals surface area contributed by atoms with E-state index in [1.165, 1.54) is 19.1 Å². The summed E-state index contributed by atoms with van der Waals surface area (Å²) in [6.45, 7) is 1.78. The molecule has 1 aromatic carbocycles. The van der Waals surface area contributed by atoms with Crippen molar-refractivity contribution in [3.8, 4) is 0 Å². The van der Waals surface area contributed by atoms with Gasteiger partial charge in [-0.05, 0) is 31.0 Å². The van der Waals surface area contributed by atoms with E-state index in [2.05, 4.69) is 5.32 Å². The molecule has 0 saturated carbocycles. The number of aliphatic carboxylic acids is 1. The molecule has 20 heavy (non-hydrogen) atoms. The van der Waals surface area contributed by atoms with Crippen LogP contribution >= 0.6 is 0 Å². The lowest BCUT2D eigenvalue weighted by molar-refractivity contribution is -0.141. The lowest BCUT2D eigenvalue weighted by Gasteiger charge is -2.14. The molecule has 1 saturated heterocycles. The molecule has 0 spiro atoms. The van der Waals surface area contributed by atoms with E-state index < -0.39 is 33.6 Å². The second-order valence-corrected chi connectivity index (χ2v) is 7.13. The van der Waals surface area contributed by atoms with Crippen molar-refractivity contribution in [1.82, 2.24) is 5.32 Å². The Bertz CT molecular complexity index is 657. The fourth-order valence-electron chi connectivity index (χ4n) is 2.50. The summed E-state index contributed by atoms with van der Waals surface area (Å²) in [5.74, 6) is -2.03. The number of aryl methyl sites for hydroxylation is 1. The molecular weight excluding hydrogens is 285 g/mol. The zero-order chi connectivity index (χ0) is 15.1. The number of benzene rings is 1. The summed E-state index contributed by atoms with van der Waals surface area (Å²) in [5.41, 5.74) is 0.557. The fourth-order valence-corrected chi connectivity index (χ4v) is 3.48. The molecule has 2 N–H and O–H groups in total. The summed E-state index contributed by atoms with van der Waals surface area (Å²) in [6, 6.07) is 2.01. The van der Waals surface area contributed by atoms with Crippen molar-refractivity contribution in [1.29, 1.82) is 0 Å². The van der Waals surface area contributed by atoms with Gasteiger partial charge in [-0.3, -0.25) is 4.79 Å². The first-order valence-electron chi connectivity index (χ1n) is 6.16. The topological polar surface area (TPSA) is 83.5 Å². The van der Waals surface area contributed by atoms with Crippen molar-refractivity contribution in [2.75, 3.05) is 12.8 Å². The standard InChI is InChI=1S/C13H16FNO4S/c1-7-3-10(14)9(5-12(7)20(2,18)19)11-4-8(6-15-11)13(16)17/h3,5,8,11,15H,4,6H2,1-2H3,(H,16,17). The number of nitrogens with one attached hydrogen (secondary N) is 1. The van der Waals surface area contributed by atoms with Crippen LogP contribution in [-0.4, -0.2) is 32.3 Å². The third kappa shape index (κ3) is 2.83. The summed E-state index contributed by atoms with van der Waals surface area (Å²) >= 11 is 0. The molecule has 5 nitrogen and oxygen atoms in total. The van der Waals surface area contributed by atoms with Gasteiger partial charge in [0.05, 0.1) is 10.8 Å². The van der Waals surface area contributed by atoms with Crippen LogP contribution in [0.25, 0.3) is 0 Å². The van der Waals surface area contributed by atoms with Crippen LogP contribution in [0.3, 0.4) is 0 Å². The van der Waals surface area contributed by atoms with Crippen molar-refractivity contribution in [2.24, 2.45) is 5.92 Å². The number of sulfone groups is 1. The number of rotatable bonds is 3. The van der Waals surface area contributed by atoms with E-state index in [0.29, 0.717) is 5.56 Å². The highest BCUT2D eigenvalue weighted by Crippen LogP contribution is 2.31. The molecule has 1 aromatic rings. The monoisotopic (exact) mass is 301 g/mol. The molecule has 2 rings (SSSR count). The first kappa shape index (κ1) is 14.9. The van der Waals surface area contributed by atoms with Gasteiger partial charge in [-0.15, -0.1) is 0 Å². The van der Waals surface area contributed by atoms with Crippen LogP contribution < -0.4 is 5.32 Å². The first-order valence-corrected chi connectivity index (χ1v) is 8.05. The SMILES string of the molecule is Cc1cc(F)c(C2CC(C(=O)O)CN2)cc1S(C)(=O)=O. The quantitative estimate of drug-likeness (QED) is 0.822. The van der Waals surface area contributed by atoms with Crippen molar-refractivity contribution >= 4 is 15.8 Å². The van der Waals surface area contributed by atoms with Crippen molar-refractivity contribution in [3.63, 3.8) is 0 Å². The van der Waals surface area contributed by atoms with Crippen molar-refractivity contribution < 1.29 is 22.7 Å². The van der Waals surface area contributed by atoms with Crippen LogP contribution in [0.5, 0.6) is 0 Å². The highest BCUT2D eigenvalue weighted by Gasteiger charge is 2.32. The van der Waals surface area contributed by atoms with E-state index in [-0.39, 0.29) is 23.4 Å². The van der Waals surface area contributed by atoms with E-state index in [1.807, 2.05) is 0 Å². The molecule has 2 unspecified atom stereocenters. The minimum absolute atomic E-state index is 0.0782. The molecule has 0 aromatic heterocycles. The molecule has 7 heteroatoms. The number of carbonyl (C=O) groups is 1. The van der Waals surface area contributed by atoms with Gasteiger partial charge in [0.1, 0.15) is 5.82 Å². The Hall–Kier alpha value is -1.47. The minimum Gasteiger partial charge on any atom is -0.481 e. The first-order chi connectivity index (χ1) is 9.20. The fraction of sp³-hybridized carbons (Fsp3) is 0.462. The lowest BCUT2D eigenvalue weighted by Crippen LogP contribution is -2.18. The molecule has 2 atom stereocenters. The molecule has 0 amide bonds. The molecule has 1 aliphatic heterocycles. The van der Waals surface area contributed by atoms with E-state index in [1.54, 1.807) is 0 Å². The Morgan fingerprint density at radius 2 is 2.10 bits per heavy atom.